The number of aryl methyl sites for hydroxylation is 1. The molecule has 0 bridgehead atoms. The van der Waals surface area contributed by atoms with Crippen molar-refractivity contribution in [3.63, 3.8) is 0 Å². The number of halogens is 1. The molecule has 1 N–H and O–H groups in total. The summed E-state index contributed by atoms with van der Waals surface area (Å²) in [6.45, 7) is 2.57. The van der Waals surface area contributed by atoms with Crippen LogP contribution in [0.5, 0.6) is 0 Å². The first-order valence-electron chi connectivity index (χ1n) is 4.75. The molecule has 6 heteroatoms. The zero-order valence-electron chi connectivity index (χ0n) is 9.21. The Morgan fingerprint density at radius 2 is 1.94 bits per heavy atom. The lowest BCUT2D eigenvalue weighted by molar-refractivity contribution is 0.681. The lowest BCUT2D eigenvalue weighted by Crippen LogP contribution is -2.01. The molecule has 86 valence electrons. The van der Waals surface area contributed by atoms with Crippen LogP contribution in [0.3, 0.4) is 0 Å². The van der Waals surface area contributed by atoms with Crippen LogP contribution in [-0.2, 0) is 6.54 Å². The fourth-order valence-electron chi connectivity index (χ4n) is 1.27. The number of anilines is 1. The molecule has 0 aliphatic rings. The van der Waals surface area contributed by atoms with Gasteiger partial charge < -0.3 is 5.32 Å². The molecule has 0 fully saturated rings. The largest absolute Gasteiger partial charge is 0.386 e. The van der Waals surface area contributed by atoms with E-state index >= 15 is 0 Å². The molecule has 2 aromatic rings. The van der Waals surface area contributed by atoms with Gasteiger partial charge in [-0.05, 0) is 6.92 Å². The van der Waals surface area contributed by atoms with Gasteiger partial charge in [-0.1, -0.05) is 0 Å². The molecule has 0 amide bonds. The van der Waals surface area contributed by atoms with E-state index in [1.165, 1.54) is 0 Å². The van der Waals surface area contributed by atoms with Gasteiger partial charge in [-0.15, -0.1) is 12.4 Å². The lowest BCUT2D eigenvalue weighted by atomic mass is 10.3. The highest BCUT2D eigenvalue weighted by Gasteiger charge is 1.98. The fourth-order valence-corrected chi connectivity index (χ4v) is 1.27. The van der Waals surface area contributed by atoms with Gasteiger partial charge in [0, 0.05) is 31.2 Å². The summed E-state index contributed by atoms with van der Waals surface area (Å²) >= 11 is 0. The summed E-state index contributed by atoms with van der Waals surface area (Å²) in [5, 5.41) is 7.23. The summed E-state index contributed by atoms with van der Waals surface area (Å²) < 4.78 is 1.85. The highest BCUT2D eigenvalue weighted by atomic mass is 35.5. The maximum absolute atomic E-state index is 4.20. The first kappa shape index (κ1) is 12.4. The Kier molecular flexibility index (Phi) is 4.25. The second kappa shape index (κ2) is 5.46. The molecule has 2 aromatic heterocycles. The summed E-state index contributed by atoms with van der Waals surface area (Å²) in [5.41, 5.74) is 2.05. The normalized spacial score (nSPS) is 9.62. The predicted octanol–water partition coefficient (Wildman–Crippen LogP) is 1.49. The Morgan fingerprint density at radius 3 is 2.50 bits per heavy atom. The smallest absolute Gasteiger partial charge is 0.125 e. The van der Waals surface area contributed by atoms with Crippen LogP contribution in [0.4, 0.5) is 5.69 Å². The van der Waals surface area contributed by atoms with Gasteiger partial charge in [0.2, 0.25) is 0 Å². The predicted molar refractivity (Wildman–Crippen MR) is 64.9 cm³/mol. The van der Waals surface area contributed by atoms with Crippen LogP contribution < -0.4 is 5.32 Å². The van der Waals surface area contributed by atoms with E-state index in [1.54, 1.807) is 6.20 Å². The Bertz CT molecular complexity index is 437. The van der Waals surface area contributed by atoms with Crippen LogP contribution >= 0.6 is 12.4 Å². The van der Waals surface area contributed by atoms with E-state index in [2.05, 4.69) is 20.4 Å². The van der Waals surface area contributed by atoms with Crippen molar-refractivity contribution >= 4 is 18.1 Å². The van der Waals surface area contributed by atoms with E-state index < -0.39 is 0 Å². The fraction of sp³-hybridized carbons (Fsp3) is 0.300. The Morgan fingerprint density at radius 1 is 1.25 bits per heavy atom. The average Bonchev–Trinajstić information content (AvgIpc) is 2.69. The Labute approximate surface area is 100 Å². The van der Waals surface area contributed by atoms with Gasteiger partial charge in [-0.25, -0.2) is 9.97 Å². The summed E-state index contributed by atoms with van der Waals surface area (Å²) in [7, 11) is 1.87. The van der Waals surface area contributed by atoms with E-state index in [-0.39, 0.29) is 12.4 Å². The number of nitrogens with zero attached hydrogens (tertiary/aromatic N) is 4. The summed E-state index contributed by atoms with van der Waals surface area (Å²) in [4.78, 5) is 8.27. The third-order valence-corrected chi connectivity index (χ3v) is 2.10. The number of rotatable bonds is 3. The second-order valence-electron chi connectivity index (χ2n) is 3.32. The zero-order chi connectivity index (χ0) is 10.7. The van der Waals surface area contributed by atoms with Crippen molar-refractivity contribution in [3.05, 3.63) is 36.2 Å². The SMILES string of the molecule is CNc1cnn(Cc2cnc(C)nc2)c1.Cl. The molecular weight excluding hydrogens is 226 g/mol. The molecule has 0 unspecified atom stereocenters. The van der Waals surface area contributed by atoms with Crippen molar-refractivity contribution in [1.29, 1.82) is 0 Å². The second-order valence-corrected chi connectivity index (χ2v) is 3.32. The van der Waals surface area contributed by atoms with Crippen molar-refractivity contribution in [2.24, 2.45) is 0 Å². The Balaban J connectivity index is 0.00000128. The minimum atomic E-state index is 0. The van der Waals surface area contributed by atoms with Crippen LogP contribution in [0.1, 0.15) is 11.4 Å². The van der Waals surface area contributed by atoms with Crippen molar-refractivity contribution in [1.82, 2.24) is 19.7 Å². The van der Waals surface area contributed by atoms with Crippen LogP contribution in [0, 0.1) is 6.92 Å². The molecule has 0 spiro atoms. The van der Waals surface area contributed by atoms with Gasteiger partial charge in [-0.3, -0.25) is 4.68 Å². The molecule has 5 nitrogen and oxygen atoms in total. The first-order valence-corrected chi connectivity index (χ1v) is 4.75. The molecule has 0 saturated carbocycles. The quantitative estimate of drug-likeness (QED) is 0.882. The van der Waals surface area contributed by atoms with E-state index in [9.17, 15) is 0 Å². The molecule has 16 heavy (non-hydrogen) atoms. The number of nitrogens with one attached hydrogen (secondary N) is 1. The minimum absolute atomic E-state index is 0. The van der Waals surface area contributed by atoms with Gasteiger partial charge >= 0.3 is 0 Å². The van der Waals surface area contributed by atoms with E-state index in [0.29, 0.717) is 6.54 Å². The molecule has 2 rings (SSSR count). The average molecular weight is 240 g/mol. The monoisotopic (exact) mass is 239 g/mol. The third kappa shape index (κ3) is 2.93. The molecule has 0 aliphatic heterocycles. The van der Waals surface area contributed by atoms with Gasteiger partial charge in [0.25, 0.3) is 0 Å². The van der Waals surface area contributed by atoms with E-state index in [4.69, 9.17) is 0 Å². The van der Waals surface area contributed by atoms with Crippen LogP contribution in [0.2, 0.25) is 0 Å². The zero-order valence-corrected chi connectivity index (χ0v) is 10.0. The van der Waals surface area contributed by atoms with Crippen LogP contribution in [-0.4, -0.2) is 26.8 Å². The Hall–Kier alpha value is -1.62. The highest BCUT2D eigenvalue weighted by Crippen LogP contribution is 2.05. The van der Waals surface area contributed by atoms with Crippen LogP contribution in [0.15, 0.2) is 24.8 Å². The van der Waals surface area contributed by atoms with Crippen LogP contribution in [0.25, 0.3) is 0 Å². The van der Waals surface area contributed by atoms with E-state index in [0.717, 1.165) is 17.1 Å². The first-order chi connectivity index (χ1) is 7.28. The maximum atomic E-state index is 4.20. The van der Waals surface area contributed by atoms with Crippen molar-refractivity contribution in [2.75, 3.05) is 12.4 Å². The van der Waals surface area contributed by atoms with Crippen molar-refractivity contribution < 1.29 is 0 Å². The van der Waals surface area contributed by atoms with E-state index in [1.807, 2.05) is 37.2 Å². The molecule has 0 atom stereocenters. The topological polar surface area (TPSA) is 55.6 Å². The summed E-state index contributed by atoms with van der Waals surface area (Å²) in [6, 6.07) is 0. The molecule has 0 aliphatic carbocycles. The van der Waals surface area contributed by atoms with Gasteiger partial charge in [0.15, 0.2) is 0 Å². The van der Waals surface area contributed by atoms with Gasteiger partial charge in [0.05, 0.1) is 18.4 Å². The molecule has 2 heterocycles. The standard InChI is InChI=1S/C10H13N5.ClH/c1-8-12-3-9(4-13-8)6-15-7-10(11-2)5-14-15;/h3-5,7,11H,6H2,1-2H3;1H. The summed E-state index contributed by atoms with van der Waals surface area (Å²) in [5.74, 6) is 0.787. The number of hydrogen-bond donors (Lipinski definition) is 1. The van der Waals surface area contributed by atoms with Gasteiger partial charge in [0.1, 0.15) is 5.82 Å². The molecular formula is C10H14ClN5. The van der Waals surface area contributed by atoms with Crippen molar-refractivity contribution in [2.45, 2.75) is 13.5 Å². The van der Waals surface area contributed by atoms with Crippen molar-refractivity contribution in [3.8, 4) is 0 Å². The summed E-state index contributed by atoms with van der Waals surface area (Å²) in [6.07, 6.45) is 7.38. The van der Waals surface area contributed by atoms with Gasteiger partial charge in [-0.2, -0.15) is 5.10 Å². The highest BCUT2D eigenvalue weighted by molar-refractivity contribution is 5.85. The third-order valence-electron chi connectivity index (χ3n) is 2.10. The maximum Gasteiger partial charge on any atom is 0.125 e. The minimum Gasteiger partial charge on any atom is -0.386 e. The number of hydrogen-bond acceptors (Lipinski definition) is 4. The lowest BCUT2D eigenvalue weighted by Gasteiger charge is -2.00. The molecule has 0 radical (unpaired) electrons. The number of aromatic nitrogens is 4. The molecule has 0 aromatic carbocycles. The molecule has 0 saturated heterocycles.